The van der Waals surface area contributed by atoms with Gasteiger partial charge in [0.05, 0.1) is 13.2 Å². The Balaban J connectivity index is 1.83. The zero-order valence-electron chi connectivity index (χ0n) is 9.87. The van der Waals surface area contributed by atoms with Crippen molar-refractivity contribution in [3.8, 4) is 0 Å². The van der Waals surface area contributed by atoms with Gasteiger partial charge in [0.15, 0.2) is 18.8 Å². The first-order chi connectivity index (χ1) is 8.95. The Bertz CT molecular complexity index is 305. The van der Waals surface area contributed by atoms with Gasteiger partial charge >= 0.3 is 0 Å². The standard InChI is InChI=1S/C10H17FO8/c11-5-6(13)4(18-9(5)16)2-17-10-8(15)7(14)3(1-12)19-10/h3-10,12-16H,1-2H2/t3-,4-,5+,6-,7-,8+,9+,10+/m1/s1. The van der Waals surface area contributed by atoms with Crippen LogP contribution in [0.25, 0.3) is 0 Å². The second-order valence-electron chi connectivity index (χ2n) is 4.54. The summed E-state index contributed by atoms with van der Waals surface area (Å²) in [6.45, 7) is -0.836. The van der Waals surface area contributed by atoms with Gasteiger partial charge in [0.2, 0.25) is 0 Å². The van der Waals surface area contributed by atoms with Crippen LogP contribution in [0.3, 0.4) is 0 Å². The first-order valence-electron chi connectivity index (χ1n) is 5.85. The first-order valence-corrected chi connectivity index (χ1v) is 5.85. The van der Waals surface area contributed by atoms with Gasteiger partial charge in [-0.25, -0.2) is 4.39 Å². The molecule has 8 nitrogen and oxygen atoms in total. The van der Waals surface area contributed by atoms with Gasteiger partial charge < -0.3 is 39.7 Å². The predicted molar refractivity (Wildman–Crippen MR) is 55.5 cm³/mol. The van der Waals surface area contributed by atoms with Crippen molar-refractivity contribution >= 4 is 0 Å². The minimum atomic E-state index is -1.93. The van der Waals surface area contributed by atoms with Crippen molar-refractivity contribution in [2.24, 2.45) is 0 Å². The van der Waals surface area contributed by atoms with Crippen LogP contribution in [-0.4, -0.2) is 88.0 Å². The van der Waals surface area contributed by atoms with Crippen LogP contribution in [0.2, 0.25) is 0 Å². The van der Waals surface area contributed by atoms with Crippen LogP contribution in [0.15, 0.2) is 0 Å². The van der Waals surface area contributed by atoms with Gasteiger partial charge in [-0.05, 0) is 0 Å². The zero-order chi connectivity index (χ0) is 14.2. The summed E-state index contributed by atoms with van der Waals surface area (Å²) in [7, 11) is 0. The fourth-order valence-corrected chi connectivity index (χ4v) is 2.04. The highest BCUT2D eigenvalue weighted by Crippen LogP contribution is 2.26. The molecule has 112 valence electrons. The lowest BCUT2D eigenvalue weighted by Crippen LogP contribution is -2.37. The molecule has 0 aromatic heterocycles. The molecule has 2 aliphatic rings. The average molecular weight is 284 g/mol. The molecule has 0 aromatic carbocycles. The number of aliphatic hydroxyl groups is 5. The summed E-state index contributed by atoms with van der Waals surface area (Å²) in [6.07, 6.45) is -11.2. The third-order valence-corrected chi connectivity index (χ3v) is 3.22. The molecule has 9 heteroatoms. The van der Waals surface area contributed by atoms with E-state index in [1.165, 1.54) is 0 Å². The van der Waals surface area contributed by atoms with Crippen molar-refractivity contribution in [2.75, 3.05) is 13.2 Å². The summed E-state index contributed by atoms with van der Waals surface area (Å²) in [5.41, 5.74) is 0. The largest absolute Gasteiger partial charge is 0.394 e. The molecular weight excluding hydrogens is 267 g/mol. The third-order valence-electron chi connectivity index (χ3n) is 3.22. The van der Waals surface area contributed by atoms with Crippen LogP contribution < -0.4 is 0 Å². The highest BCUT2D eigenvalue weighted by molar-refractivity contribution is 4.89. The second-order valence-corrected chi connectivity index (χ2v) is 4.54. The smallest absolute Gasteiger partial charge is 0.189 e. The molecule has 0 amide bonds. The maximum absolute atomic E-state index is 13.1. The quantitative estimate of drug-likeness (QED) is 0.366. The molecule has 2 heterocycles. The van der Waals surface area contributed by atoms with Gasteiger partial charge in [-0.3, -0.25) is 0 Å². The van der Waals surface area contributed by atoms with Gasteiger partial charge in [-0.1, -0.05) is 0 Å². The maximum Gasteiger partial charge on any atom is 0.189 e. The summed E-state index contributed by atoms with van der Waals surface area (Å²) in [4.78, 5) is 0. The lowest BCUT2D eigenvalue weighted by molar-refractivity contribution is -0.197. The first kappa shape index (κ1) is 15.0. The molecule has 0 bridgehead atoms. The fourth-order valence-electron chi connectivity index (χ4n) is 2.04. The molecule has 0 aromatic rings. The number of hydrogen-bond donors (Lipinski definition) is 5. The van der Waals surface area contributed by atoms with Gasteiger partial charge in [0.25, 0.3) is 0 Å². The van der Waals surface area contributed by atoms with E-state index >= 15 is 0 Å². The Morgan fingerprint density at radius 1 is 0.947 bits per heavy atom. The van der Waals surface area contributed by atoms with E-state index in [0.29, 0.717) is 0 Å². The minimum absolute atomic E-state index is 0.342. The molecule has 0 radical (unpaired) electrons. The van der Waals surface area contributed by atoms with Crippen molar-refractivity contribution in [1.82, 2.24) is 0 Å². The summed E-state index contributed by atoms with van der Waals surface area (Å²) in [5, 5.41) is 46.3. The Hall–Kier alpha value is -0.390. The average Bonchev–Trinajstić information content (AvgIpc) is 2.81. The molecule has 2 aliphatic heterocycles. The molecular formula is C10H17FO8. The van der Waals surface area contributed by atoms with Gasteiger partial charge in [-0.15, -0.1) is 0 Å². The minimum Gasteiger partial charge on any atom is -0.394 e. The van der Waals surface area contributed by atoms with E-state index in [-0.39, 0.29) is 6.61 Å². The summed E-state index contributed by atoms with van der Waals surface area (Å²) in [6, 6.07) is 0. The normalized spacial score (nSPS) is 50.8. The molecule has 5 N–H and O–H groups in total. The molecule has 19 heavy (non-hydrogen) atoms. The fraction of sp³-hybridized carbons (Fsp3) is 1.00. The number of aliphatic hydroxyl groups excluding tert-OH is 5. The van der Waals surface area contributed by atoms with Crippen molar-refractivity contribution < 1.29 is 44.1 Å². The van der Waals surface area contributed by atoms with Gasteiger partial charge in [-0.2, -0.15) is 0 Å². The van der Waals surface area contributed by atoms with E-state index in [2.05, 4.69) is 0 Å². The topological polar surface area (TPSA) is 129 Å². The number of hydrogen-bond acceptors (Lipinski definition) is 8. The lowest BCUT2D eigenvalue weighted by Gasteiger charge is -2.19. The molecule has 0 aliphatic carbocycles. The van der Waals surface area contributed by atoms with Crippen LogP contribution >= 0.6 is 0 Å². The van der Waals surface area contributed by atoms with Crippen LogP contribution in [0.4, 0.5) is 4.39 Å². The van der Waals surface area contributed by atoms with E-state index in [0.717, 1.165) is 0 Å². The number of alkyl halides is 1. The molecule has 2 fully saturated rings. The van der Waals surface area contributed by atoms with Crippen molar-refractivity contribution in [1.29, 1.82) is 0 Å². The Labute approximate surface area is 107 Å². The molecule has 0 unspecified atom stereocenters. The van der Waals surface area contributed by atoms with E-state index < -0.39 is 55.9 Å². The van der Waals surface area contributed by atoms with E-state index in [1.807, 2.05) is 0 Å². The summed E-state index contributed by atoms with van der Waals surface area (Å²) >= 11 is 0. The zero-order valence-corrected chi connectivity index (χ0v) is 9.87. The lowest BCUT2D eigenvalue weighted by atomic mass is 10.1. The summed E-state index contributed by atoms with van der Waals surface area (Å²) < 4.78 is 27.9. The molecule has 2 rings (SSSR count). The molecule has 0 spiro atoms. The number of halogens is 1. The number of ether oxygens (including phenoxy) is 3. The van der Waals surface area contributed by atoms with E-state index in [4.69, 9.17) is 24.4 Å². The monoisotopic (exact) mass is 284 g/mol. The van der Waals surface area contributed by atoms with Gasteiger partial charge in [0, 0.05) is 0 Å². The van der Waals surface area contributed by atoms with Crippen LogP contribution in [0.1, 0.15) is 0 Å². The second kappa shape index (κ2) is 5.94. The predicted octanol–water partition coefficient (Wildman–Crippen LogP) is -3.14. The Kier molecular flexibility index (Phi) is 4.69. The van der Waals surface area contributed by atoms with Crippen LogP contribution in [0, 0.1) is 0 Å². The van der Waals surface area contributed by atoms with Gasteiger partial charge in [0.1, 0.15) is 30.5 Å². The Morgan fingerprint density at radius 2 is 1.63 bits per heavy atom. The van der Waals surface area contributed by atoms with Crippen LogP contribution in [-0.2, 0) is 14.2 Å². The van der Waals surface area contributed by atoms with Crippen molar-refractivity contribution in [3.63, 3.8) is 0 Å². The summed E-state index contributed by atoms with van der Waals surface area (Å²) in [5.74, 6) is 0. The molecule has 0 saturated carbocycles. The molecule has 2 saturated heterocycles. The highest BCUT2D eigenvalue weighted by Gasteiger charge is 2.46. The van der Waals surface area contributed by atoms with E-state index in [9.17, 15) is 19.7 Å². The van der Waals surface area contributed by atoms with Crippen molar-refractivity contribution in [2.45, 2.75) is 49.3 Å². The third kappa shape index (κ3) is 2.88. The Morgan fingerprint density at radius 3 is 2.11 bits per heavy atom. The molecule has 8 atom stereocenters. The van der Waals surface area contributed by atoms with E-state index in [1.54, 1.807) is 0 Å². The SMILES string of the molecule is OC[C@H]1O[C@H](OC[C@H]2O[C@H](O)[C@@H](F)[C@@H]2O)[C@@H](O)[C@@H]1O. The number of rotatable bonds is 4. The van der Waals surface area contributed by atoms with Crippen LogP contribution in [0.5, 0.6) is 0 Å². The highest BCUT2D eigenvalue weighted by atomic mass is 19.1. The maximum atomic E-state index is 13.1. The van der Waals surface area contributed by atoms with Crippen molar-refractivity contribution in [3.05, 3.63) is 0 Å².